The van der Waals surface area contributed by atoms with E-state index in [2.05, 4.69) is 9.88 Å². The maximum atomic E-state index is 12.6. The zero-order valence-electron chi connectivity index (χ0n) is 20.7. The maximum absolute atomic E-state index is 12.6. The van der Waals surface area contributed by atoms with E-state index >= 15 is 0 Å². The zero-order valence-corrected chi connectivity index (χ0v) is 21.5. The van der Waals surface area contributed by atoms with Gasteiger partial charge in [-0.15, -0.1) is 0 Å². The van der Waals surface area contributed by atoms with Gasteiger partial charge in [0.25, 0.3) is 0 Å². The van der Waals surface area contributed by atoms with E-state index in [1.165, 1.54) is 0 Å². The van der Waals surface area contributed by atoms with Gasteiger partial charge in [-0.3, -0.25) is 4.79 Å². The van der Waals surface area contributed by atoms with Gasteiger partial charge in [0.2, 0.25) is 5.91 Å². The first-order chi connectivity index (χ1) is 17.5. The molecule has 0 unspecified atom stereocenters. The third-order valence-corrected chi connectivity index (χ3v) is 6.35. The van der Waals surface area contributed by atoms with Crippen LogP contribution in [0.5, 0.6) is 17.2 Å². The number of nitrogens with zero attached hydrogens (tertiary/aromatic N) is 2. The average molecular weight is 508 g/mol. The van der Waals surface area contributed by atoms with E-state index in [1.54, 1.807) is 20.3 Å². The van der Waals surface area contributed by atoms with Gasteiger partial charge in [-0.05, 0) is 60.5 Å². The number of hydrogen-bond donors (Lipinski definition) is 1. The van der Waals surface area contributed by atoms with Gasteiger partial charge < -0.3 is 24.1 Å². The lowest BCUT2D eigenvalue weighted by Crippen LogP contribution is -2.28. The average Bonchev–Trinajstić information content (AvgIpc) is 3.23. The minimum atomic E-state index is -0.0636. The Labute approximate surface area is 216 Å². The number of hydrogen-bond acceptors (Lipinski definition) is 5. The minimum absolute atomic E-state index is 0.0636. The first-order valence-electron chi connectivity index (χ1n) is 11.8. The number of carbonyl (C=O) groups is 1. The molecule has 0 radical (unpaired) electrons. The van der Waals surface area contributed by atoms with Crippen LogP contribution in [0.3, 0.4) is 0 Å². The number of halogens is 1. The fourth-order valence-corrected chi connectivity index (χ4v) is 4.20. The summed E-state index contributed by atoms with van der Waals surface area (Å²) < 4.78 is 18.7. The predicted octanol–water partition coefficient (Wildman–Crippen LogP) is 5.00. The Kier molecular flexibility index (Phi) is 8.33. The Morgan fingerprint density at radius 3 is 2.61 bits per heavy atom. The summed E-state index contributed by atoms with van der Waals surface area (Å²) in [6, 6.07) is 19.1. The molecule has 4 rings (SSSR count). The normalized spacial score (nSPS) is 10.9. The van der Waals surface area contributed by atoms with Crippen molar-refractivity contribution in [2.75, 3.05) is 27.4 Å². The molecule has 36 heavy (non-hydrogen) atoms. The molecule has 0 atom stereocenters. The number of benzene rings is 3. The molecule has 1 N–H and O–H groups in total. The standard InChI is InChI=1S/C28H30ClN3O4/c1-19-16-21(9-10-22(19)29)36-15-14-32-24-7-5-4-6-23(24)31-27(32)12-13-30-28(33)18-20-8-11-25(34-2)26(17-20)35-3/h4-11,16-17H,12-15,18H2,1-3H3,(H,30,33). The summed E-state index contributed by atoms with van der Waals surface area (Å²) >= 11 is 6.12. The van der Waals surface area contributed by atoms with E-state index in [0.29, 0.717) is 37.6 Å². The van der Waals surface area contributed by atoms with Crippen LogP contribution < -0.4 is 19.5 Å². The quantitative estimate of drug-likeness (QED) is 0.309. The fraction of sp³-hybridized carbons (Fsp3) is 0.286. The molecule has 0 saturated carbocycles. The Balaban J connectivity index is 1.37. The first kappa shape index (κ1) is 25.4. The van der Waals surface area contributed by atoms with Crippen LogP contribution in [-0.2, 0) is 24.2 Å². The Morgan fingerprint density at radius 2 is 1.83 bits per heavy atom. The summed E-state index contributed by atoms with van der Waals surface area (Å²) in [4.78, 5) is 17.3. The number of carbonyl (C=O) groups excluding carboxylic acids is 1. The van der Waals surface area contributed by atoms with Crippen molar-refractivity contribution in [1.29, 1.82) is 0 Å². The number of amides is 1. The van der Waals surface area contributed by atoms with Crippen LogP contribution in [0.1, 0.15) is 17.0 Å². The zero-order chi connectivity index (χ0) is 25.5. The first-order valence-corrected chi connectivity index (χ1v) is 12.2. The van der Waals surface area contributed by atoms with Crippen LogP contribution in [0, 0.1) is 6.92 Å². The minimum Gasteiger partial charge on any atom is -0.493 e. The molecule has 1 heterocycles. The van der Waals surface area contributed by atoms with E-state index in [4.69, 9.17) is 30.8 Å². The second-order valence-corrected chi connectivity index (χ2v) is 8.80. The van der Waals surface area contributed by atoms with Crippen molar-refractivity contribution in [2.45, 2.75) is 26.3 Å². The molecule has 0 spiro atoms. The molecular weight excluding hydrogens is 478 g/mol. The van der Waals surface area contributed by atoms with E-state index < -0.39 is 0 Å². The van der Waals surface area contributed by atoms with E-state index in [9.17, 15) is 4.79 Å². The predicted molar refractivity (Wildman–Crippen MR) is 141 cm³/mol. The van der Waals surface area contributed by atoms with Crippen molar-refractivity contribution >= 4 is 28.5 Å². The third-order valence-electron chi connectivity index (χ3n) is 5.93. The highest BCUT2D eigenvalue weighted by atomic mass is 35.5. The van der Waals surface area contributed by atoms with Gasteiger partial charge in [-0.2, -0.15) is 0 Å². The number of methoxy groups -OCH3 is 2. The molecule has 8 heteroatoms. The van der Waals surface area contributed by atoms with Crippen molar-refractivity contribution in [3.05, 3.63) is 82.6 Å². The van der Waals surface area contributed by atoms with Crippen molar-refractivity contribution < 1.29 is 19.0 Å². The van der Waals surface area contributed by atoms with Gasteiger partial charge in [0.15, 0.2) is 11.5 Å². The summed E-state index contributed by atoms with van der Waals surface area (Å²) in [5, 5.41) is 3.72. The number of para-hydroxylation sites is 2. The molecule has 3 aromatic carbocycles. The number of rotatable bonds is 11. The lowest BCUT2D eigenvalue weighted by Gasteiger charge is -2.12. The number of imidazole rings is 1. The largest absolute Gasteiger partial charge is 0.493 e. The number of aryl methyl sites for hydroxylation is 1. The summed E-state index contributed by atoms with van der Waals surface area (Å²) in [6.45, 7) is 3.56. The van der Waals surface area contributed by atoms with Gasteiger partial charge >= 0.3 is 0 Å². The summed E-state index contributed by atoms with van der Waals surface area (Å²) in [5.41, 5.74) is 3.80. The molecule has 0 aliphatic heterocycles. The summed E-state index contributed by atoms with van der Waals surface area (Å²) in [6.07, 6.45) is 0.859. The third kappa shape index (κ3) is 6.10. The van der Waals surface area contributed by atoms with E-state index in [-0.39, 0.29) is 12.3 Å². The van der Waals surface area contributed by atoms with Crippen LogP contribution in [0.4, 0.5) is 0 Å². The number of aromatic nitrogens is 2. The van der Waals surface area contributed by atoms with Gasteiger partial charge in [0.1, 0.15) is 18.2 Å². The van der Waals surface area contributed by atoms with E-state index in [0.717, 1.165) is 38.8 Å². The highest BCUT2D eigenvalue weighted by molar-refractivity contribution is 6.31. The molecule has 0 fully saturated rings. The molecule has 0 bridgehead atoms. The molecule has 1 aromatic heterocycles. The fourth-order valence-electron chi connectivity index (χ4n) is 4.08. The van der Waals surface area contributed by atoms with Crippen LogP contribution in [0.15, 0.2) is 60.7 Å². The summed E-state index contributed by atoms with van der Waals surface area (Å²) in [7, 11) is 3.16. The maximum Gasteiger partial charge on any atom is 0.224 e. The van der Waals surface area contributed by atoms with Crippen LogP contribution in [0.25, 0.3) is 11.0 Å². The monoisotopic (exact) mass is 507 g/mol. The van der Waals surface area contributed by atoms with Crippen LogP contribution >= 0.6 is 11.6 Å². The van der Waals surface area contributed by atoms with Gasteiger partial charge in [0.05, 0.1) is 38.2 Å². The summed E-state index contributed by atoms with van der Waals surface area (Å²) in [5.74, 6) is 2.86. The highest BCUT2D eigenvalue weighted by Crippen LogP contribution is 2.27. The smallest absolute Gasteiger partial charge is 0.224 e. The van der Waals surface area contributed by atoms with Crippen molar-refractivity contribution in [3.8, 4) is 17.2 Å². The molecule has 1 amide bonds. The van der Waals surface area contributed by atoms with Gasteiger partial charge in [0, 0.05) is 18.0 Å². The molecule has 4 aromatic rings. The second-order valence-electron chi connectivity index (χ2n) is 8.39. The topological polar surface area (TPSA) is 74.6 Å². The molecule has 0 aliphatic rings. The molecule has 0 aliphatic carbocycles. The molecule has 188 valence electrons. The van der Waals surface area contributed by atoms with Crippen molar-refractivity contribution in [3.63, 3.8) is 0 Å². The Bertz CT molecular complexity index is 1350. The number of ether oxygens (including phenoxy) is 3. The van der Waals surface area contributed by atoms with Crippen LogP contribution in [-0.4, -0.2) is 42.8 Å². The van der Waals surface area contributed by atoms with Crippen molar-refractivity contribution in [1.82, 2.24) is 14.9 Å². The Morgan fingerprint density at radius 1 is 1.03 bits per heavy atom. The van der Waals surface area contributed by atoms with Gasteiger partial charge in [-0.25, -0.2) is 4.98 Å². The molecule has 0 saturated heterocycles. The lowest BCUT2D eigenvalue weighted by molar-refractivity contribution is -0.120. The molecular formula is C28H30ClN3O4. The SMILES string of the molecule is COc1ccc(CC(=O)NCCc2nc3ccccc3n2CCOc2ccc(Cl)c(C)c2)cc1OC. The lowest BCUT2D eigenvalue weighted by atomic mass is 10.1. The number of fused-ring (bicyclic) bond motifs is 1. The van der Waals surface area contributed by atoms with Gasteiger partial charge in [-0.1, -0.05) is 29.8 Å². The highest BCUT2D eigenvalue weighted by Gasteiger charge is 2.12. The second kappa shape index (κ2) is 11.8. The van der Waals surface area contributed by atoms with Crippen LogP contribution in [0.2, 0.25) is 5.02 Å². The number of nitrogens with one attached hydrogen (secondary N) is 1. The molecule has 7 nitrogen and oxygen atoms in total. The van der Waals surface area contributed by atoms with Crippen molar-refractivity contribution in [2.24, 2.45) is 0 Å². The Hall–Kier alpha value is -3.71. The van der Waals surface area contributed by atoms with E-state index in [1.807, 2.05) is 61.5 Å².